The van der Waals surface area contributed by atoms with Crippen molar-refractivity contribution >= 4 is 15.7 Å². The number of nitrogens with one attached hydrogen (secondary N) is 1. The smallest absolute Gasteiger partial charge is 0.229 e. The molecule has 0 aromatic heterocycles. The molecule has 15 heavy (non-hydrogen) atoms. The van der Waals surface area contributed by atoms with Crippen LogP contribution in [0.1, 0.15) is 5.56 Å². The predicted octanol–water partition coefficient (Wildman–Crippen LogP) is 0.368. The number of sulfonamides is 1. The summed E-state index contributed by atoms with van der Waals surface area (Å²) < 4.78 is 24.5. The minimum atomic E-state index is -3.27. The van der Waals surface area contributed by atoms with E-state index >= 15 is 0 Å². The number of nitrogens with two attached hydrogens (primary N) is 1. The fourth-order valence-corrected chi connectivity index (χ4v) is 1.60. The van der Waals surface area contributed by atoms with Crippen LogP contribution in [0, 0.1) is 11.8 Å². The Labute approximate surface area is 89.5 Å². The van der Waals surface area contributed by atoms with Crippen molar-refractivity contribution in [3.05, 3.63) is 29.8 Å². The fraction of sp³-hybridized carbons (Fsp3) is 0.200. The Hall–Kier alpha value is -1.51. The van der Waals surface area contributed by atoms with Gasteiger partial charge in [0.2, 0.25) is 10.0 Å². The molecule has 4 nitrogen and oxygen atoms in total. The molecule has 0 saturated heterocycles. The van der Waals surface area contributed by atoms with Crippen LogP contribution in [0.2, 0.25) is 0 Å². The summed E-state index contributed by atoms with van der Waals surface area (Å²) in [7, 11) is -3.27. The molecule has 0 radical (unpaired) electrons. The summed E-state index contributed by atoms with van der Waals surface area (Å²) in [6.45, 7) is 0.243. The second-order valence-corrected chi connectivity index (χ2v) is 4.67. The van der Waals surface area contributed by atoms with E-state index in [2.05, 4.69) is 16.6 Å². The lowest BCUT2D eigenvalue weighted by Gasteiger charge is -2.05. The number of anilines is 1. The first-order valence-electron chi connectivity index (χ1n) is 4.28. The molecule has 0 aliphatic carbocycles. The van der Waals surface area contributed by atoms with Gasteiger partial charge in [0.25, 0.3) is 0 Å². The van der Waals surface area contributed by atoms with Gasteiger partial charge in [-0.25, -0.2) is 8.42 Å². The van der Waals surface area contributed by atoms with Gasteiger partial charge in [0, 0.05) is 5.56 Å². The first-order chi connectivity index (χ1) is 7.03. The first kappa shape index (κ1) is 11.6. The minimum absolute atomic E-state index is 0.243. The third kappa shape index (κ3) is 4.02. The van der Waals surface area contributed by atoms with Gasteiger partial charge in [-0.3, -0.25) is 4.72 Å². The van der Waals surface area contributed by atoms with Crippen molar-refractivity contribution < 1.29 is 8.42 Å². The quantitative estimate of drug-likeness (QED) is 0.713. The van der Waals surface area contributed by atoms with Crippen molar-refractivity contribution in [2.45, 2.75) is 0 Å². The Morgan fingerprint density at radius 1 is 1.40 bits per heavy atom. The molecule has 0 spiro atoms. The molecule has 0 saturated carbocycles. The molecule has 0 bridgehead atoms. The molecule has 80 valence electrons. The minimum Gasteiger partial charge on any atom is -0.320 e. The summed E-state index contributed by atoms with van der Waals surface area (Å²) in [6, 6.07) is 6.91. The molecule has 3 N–H and O–H groups in total. The molecular weight excluding hydrogens is 212 g/mol. The number of hydrogen-bond donors (Lipinski definition) is 2. The lowest BCUT2D eigenvalue weighted by Crippen LogP contribution is -2.10. The molecule has 0 aliphatic rings. The molecule has 5 heteroatoms. The Kier molecular flexibility index (Phi) is 3.72. The zero-order chi connectivity index (χ0) is 11.3. The van der Waals surface area contributed by atoms with E-state index in [4.69, 9.17) is 5.73 Å². The topological polar surface area (TPSA) is 72.2 Å². The van der Waals surface area contributed by atoms with Crippen LogP contribution in [0.5, 0.6) is 0 Å². The van der Waals surface area contributed by atoms with E-state index in [9.17, 15) is 8.42 Å². The van der Waals surface area contributed by atoms with Gasteiger partial charge in [-0.2, -0.15) is 0 Å². The highest BCUT2D eigenvalue weighted by molar-refractivity contribution is 7.92. The summed E-state index contributed by atoms with van der Waals surface area (Å²) in [6.07, 6.45) is 1.10. The summed E-state index contributed by atoms with van der Waals surface area (Å²) in [5.41, 5.74) is 6.33. The van der Waals surface area contributed by atoms with Gasteiger partial charge in [0.15, 0.2) is 0 Å². The first-order valence-corrected chi connectivity index (χ1v) is 6.18. The van der Waals surface area contributed by atoms with E-state index in [0.29, 0.717) is 11.3 Å². The lowest BCUT2D eigenvalue weighted by molar-refractivity contribution is 0.607. The van der Waals surface area contributed by atoms with Crippen LogP contribution in [0.4, 0.5) is 5.69 Å². The van der Waals surface area contributed by atoms with Gasteiger partial charge in [-0.05, 0) is 12.1 Å². The van der Waals surface area contributed by atoms with Crippen LogP contribution in [-0.4, -0.2) is 21.2 Å². The van der Waals surface area contributed by atoms with Crippen molar-refractivity contribution in [1.29, 1.82) is 0 Å². The maximum atomic E-state index is 11.0. The number of hydrogen-bond acceptors (Lipinski definition) is 3. The molecule has 1 rings (SSSR count). The molecule has 0 heterocycles. The second kappa shape index (κ2) is 4.82. The van der Waals surface area contributed by atoms with Crippen LogP contribution < -0.4 is 10.5 Å². The van der Waals surface area contributed by atoms with E-state index < -0.39 is 10.0 Å². The average Bonchev–Trinajstić information content (AvgIpc) is 2.14. The van der Waals surface area contributed by atoms with Crippen LogP contribution in [0.25, 0.3) is 0 Å². The van der Waals surface area contributed by atoms with Gasteiger partial charge >= 0.3 is 0 Å². The lowest BCUT2D eigenvalue weighted by atomic mass is 10.2. The average molecular weight is 224 g/mol. The second-order valence-electron chi connectivity index (χ2n) is 2.93. The molecule has 1 aromatic rings. The summed E-state index contributed by atoms with van der Waals surface area (Å²) in [5.74, 6) is 5.47. The number of benzene rings is 1. The Morgan fingerprint density at radius 2 is 2.07 bits per heavy atom. The summed E-state index contributed by atoms with van der Waals surface area (Å²) >= 11 is 0. The standard InChI is InChI=1S/C10H12N2O2S/c1-15(13,14)12-10-7-3-2-5-9(10)6-4-8-11/h2-3,5,7,12H,8,11H2,1H3. The summed E-state index contributed by atoms with van der Waals surface area (Å²) in [5, 5.41) is 0. The van der Waals surface area contributed by atoms with Crippen molar-refractivity contribution in [3.8, 4) is 11.8 Å². The highest BCUT2D eigenvalue weighted by Gasteiger charge is 2.04. The van der Waals surface area contributed by atoms with E-state index in [1.807, 2.05) is 0 Å². The number of rotatable bonds is 2. The maximum Gasteiger partial charge on any atom is 0.229 e. The van der Waals surface area contributed by atoms with Crippen molar-refractivity contribution in [3.63, 3.8) is 0 Å². The maximum absolute atomic E-state index is 11.0. The van der Waals surface area contributed by atoms with Gasteiger partial charge in [0.1, 0.15) is 0 Å². The Balaban J connectivity index is 3.07. The van der Waals surface area contributed by atoms with Crippen LogP contribution in [0.3, 0.4) is 0 Å². The van der Waals surface area contributed by atoms with Crippen LogP contribution in [0.15, 0.2) is 24.3 Å². The van der Waals surface area contributed by atoms with Gasteiger partial charge in [-0.15, -0.1) is 0 Å². The molecule has 0 fully saturated rings. The monoisotopic (exact) mass is 224 g/mol. The largest absolute Gasteiger partial charge is 0.320 e. The normalized spacial score (nSPS) is 10.3. The van der Waals surface area contributed by atoms with Gasteiger partial charge in [0.05, 0.1) is 18.5 Å². The van der Waals surface area contributed by atoms with E-state index in [0.717, 1.165) is 6.26 Å². The molecule has 1 aromatic carbocycles. The zero-order valence-electron chi connectivity index (χ0n) is 8.32. The third-order valence-electron chi connectivity index (χ3n) is 1.55. The van der Waals surface area contributed by atoms with Gasteiger partial charge in [-0.1, -0.05) is 24.0 Å². The van der Waals surface area contributed by atoms with Gasteiger partial charge < -0.3 is 5.73 Å². The SMILES string of the molecule is CS(=O)(=O)Nc1ccccc1C#CCN. The zero-order valence-corrected chi connectivity index (χ0v) is 9.14. The fourth-order valence-electron chi connectivity index (χ4n) is 1.03. The van der Waals surface area contributed by atoms with Crippen LogP contribution >= 0.6 is 0 Å². The van der Waals surface area contributed by atoms with Crippen molar-refractivity contribution in [2.24, 2.45) is 5.73 Å². The van der Waals surface area contributed by atoms with Crippen molar-refractivity contribution in [1.82, 2.24) is 0 Å². The molecule has 0 atom stereocenters. The van der Waals surface area contributed by atoms with Crippen LogP contribution in [-0.2, 0) is 10.0 Å². The molecule has 0 amide bonds. The molecule has 0 unspecified atom stereocenters. The predicted molar refractivity (Wildman–Crippen MR) is 60.8 cm³/mol. The Morgan fingerprint density at radius 3 is 2.67 bits per heavy atom. The highest BCUT2D eigenvalue weighted by Crippen LogP contribution is 2.14. The molecular formula is C10H12N2O2S. The highest BCUT2D eigenvalue weighted by atomic mass is 32.2. The Bertz CT molecular complexity index is 498. The number of para-hydroxylation sites is 1. The molecule has 0 aliphatic heterocycles. The third-order valence-corrected chi connectivity index (χ3v) is 2.14. The summed E-state index contributed by atoms with van der Waals surface area (Å²) in [4.78, 5) is 0. The van der Waals surface area contributed by atoms with E-state index in [1.165, 1.54) is 0 Å². The van der Waals surface area contributed by atoms with Crippen molar-refractivity contribution in [2.75, 3.05) is 17.5 Å². The van der Waals surface area contributed by atoms with E-state index in [-0.39, 0.29) is 6.54 Å². The van der Waals surface area contributed by atoms with E-state index in [1.54, 1.807) is 24.3 Å².